The predicted octanol–water partition coefficient (Wildman–Crippen LogP) is 24.2. The fourth-order valence-electron chi connectivity index (χ4n) is 16.2. The summed E-state index contributed by atoms with van der Waals surface area (Å²) in [5.41, 5.74) is 28.1. The third-order valence-electron chi connectivity index (χ3n) is 23.1. The molecule has 0 spiro atoms. The number of nitrogens with zero attached hydrogens (tertiary/aromatic N) is 16. The largest absolute Gasteiger partial charge is 1.00 e. The van der Waals surface area contributed by atoms with Crippen LogP contribution in [-0.4, -0.2) is 98.7 Å². The van der Waals surface area contributed by atoms with Gasteiger partial charge in [-0.05, 0) is 239 Å². The number of benzene rings is 6. The molecule has 0 bridgehead atoms. The van der Waals surface area contributed by atoms with Crippen molar-refractivity contribution in [3.05, 3.63) is 485 Å². The molecular formula is C117H96BCu6F3N16O2PS2. The molecule has 3 radical (unpaired) electrons. The second kappa shape index (κ2) is 56.8. The Morgan fingerprint density at radius 3 is 1.23 bits per heavy atom. The number of fused-ring (bicyclic) bond motifs is 3. The Morgan fingerprint density at radius 1 is 0.358 bits per heavy atom. The first kappa shape index (κ1) is 117. The predicted molar refractivity (Wildman–Crippen MR) is 572 cm³/mol. The molecule has 763 valence electrons. The first-order chi connectivity index (χ1) is 69.1. The van der Waals surface area contributed by atoms with Crippen molar-refractivity contribution in [2.24, 2.45) is 0 Å². The van der Waals surface area contributed by atoms with E-state index in [9.17, 15) is 23.0 Å². The third-order valence-corrected chi connectivity index (χ3v) is 24.5. The summed E-state index contributed by atoms with van der Waals surface area (Å²) in [5, 5.41) is 12.8. The smallest absolute Gasteiger partial charge is 0.663 e. The second-order valence-corrected chi connectivity index (χ2v) is 35.5. The van der Waals surface area contributed by atoms with Gasteiger partial charge >= 0.3 is 64.2 Å². The van der Waals surface area contributed by atoms with Gasteiger partial charge in [-0.3, -0.25) is 54.8 Å². The summed E-state index contributed by atoms with van der Waals surface area (Å²) in [4.78, 5) is 83.0. The van der Waals surface area contributed by atoms with Gasteiger partial charge in [0.2, 0.25) is 0 Å². The van der Waals surface area contributed by atoms with Gasteiger partial charge in [-0.25, -0.2) is 23.5 Å². The maximum atomic E-state index is 14.9. The normalized spacial score (nSPS) is 11.1. The number of thiocarbonyl (C=S) groups is 1. The van der Waals surface area contributed by atoms with Crippen LogP contribution in [0.2, 0.25) is 0 Å². The molecule has 31 heteroatoms. The Kier molecular flexibility index (Phi) is 44.7. The van der Waals surface area contributed by atoms with Gasteiger partial charge < -0.3 is 49.2 Å². The van der Waals surface area contributed by atoms with Crippen LogP contribution >= 0.6 is 20.8 Å². The minimum absolute atomic E-state index is 0. The molecule has 0 amide bonds. The van der Waals surface area contributed by atoms with Gasteiger partial charge in [0.1, 0.15) is 0 Å². The number of halogens is 3. The van der Waals surface area contributed by atoms with Crippen molar-refractivity contribution in [1.29, 1.82) is 0 Å². The average molecular weight is 2300 g/mol. The Morgan fingerprint density at radius 2 is 0.716 bits per heavy atom. The fourth-order valence-corrected chi connectivity index (χ4v) is 17.3. The Labute approximate surface area is 935 Å². The number of aryl methyl sites for hydroxylation is 6. The summed E-state index contributed by atoms with van der Waals surface area (Å²) in [6, 6.07) is 115. The zero-order chi connectivity index (χ0) is 99.0. The number of alkyl halides is 2. The molecule has 1 N–H and O–H groups in total. The Bertz CT molecular complexity index is 7730. The molecule has 148 heavy (non-hydrogen) atoms. The molecule has 6 aromatic carbocycles. The van der Waals surface area contributed by atoms with E-state index in [4.69, 9.17) is 34.8 Å². The van der Waals surface area contributed by atoms with Crippen molar-refractivity contribution >= 4 is 99.9 Å². The average Bonchev–Trinajstić information content (AvgIpc) is 1.54. The van der Waals surface area contributed by atoms with Gasteiger partial charge in [-0.2, -0.15) is 6.20 Å². The van der Waals surface area contributed by atoms with Crippen molar-refractivity contribution in [3.63, 3.8) is 0 Å². The molecule has 0 saturated heterocycles. The fraction of sp³-hybridized carbons (Fsp3) is 0.111. The van der Waals surface area contributed by atoms with Crippen LogP contribution in [0.25, 0.3) is 100 Å². The summed E-state index contributed by atoms with van der Waals surface area (Å²) in [5.74, 6) is -0.765. The SMILES string of the molecule is CPc1ccccc1-c1cccc(C(C)c2cccc(C)n2)n1.Cc1cccc(B(F)c2cccc(-c3cccc4cccnc34)n2)n1.Cc1cccc(C(F)c2cccc(-c3cccc4cc[n-]c34)n2)n1.Cc1cccc(C(F)c2cccc(-c3cccc4nc[n-]c34)n2)n1.Cc1cccc(Cc2cccc(-c3ccccc3C(=O)O)n2)n1.Cc1cccc(Cc2cccc(-c3ccccc3C(=S)[S-])n2)n1.[Cu+].[Cu+].[Cu+].[Cu].[Cu].[Cu]. The summed E-state index contributed by atoms with van der Waals surface area (Å²) in [6.07, 6.45) is 3.65. The second-order valence-electron chi connectivity index (χ2n) is 33.4. The molecule has 0 saturated carbocycles. The van der Waals surface area contributed by atoms with Gasteiger partial charge in [0.05, 0.1) is 79.2 Å². The zero-order valence-corrected chi connectivity index (χ0v) is 89.1. The summed E-state index contributed by atoms with van der Waals surface area (Å²) < 4.78 is 45.1. The van der Waals surface area contributed by atoms with E-state index in [-0.39, 0.29) is 114 Å². The number of carboxylic acid groups (broad SMARTS) is 1. The Hall–Kier alpha value is -13.3. The molecule has 15 heterocycles. The number of hydrogen-bond acceptors (Lipinski definition) is 17. The minimum Gasteiger partial charge on any atom is -0.663 e. The molecule has 0 fully saturated rings. The van der Waals surface area contributed by atoms with Gasteiger partial charge in [-0.15, -0.1) is 9.71 Å². The first-order valence-corrected chi connectivity index (χ1v) is 48.4. The van der Waals surface area contributed by atoms with Crippen molar-refractivity contribution < 1.29 is 125 Å². The molecule has 4 atom stereocenters. The van der Waals surface area contributed by atoms with Gasteiger partial charge in [0.25, 0.3) is 0 Å². The maximum Gasteiger partial charge on any atom is 1.00 e. The number of aromatic nitrogens is 16. The van der Waals surface area contributed by atoms with E-state index in [0.29, 0.717) is 79.3 Å². The van der Waals surface area contributed by atoms with E-state index < -0.39 is 25.3 Å². The van der Waals surface area contributed by atoms with E-state index in [1.54, 1.807) is 79.1 Å². The van der Waals surface area contributed by atoms with E-state index >= 15 is 0 Å². The van der Waals surface area contributed by atoms with E-state index in [0.717, 1.165) is 149 Å². The summed E-state index contributed by atoms with van der Waals surface area (Å²) in [6.45, 7) is 14.5. The van der Waals surface area contributed by atoms with E-state index in [1.807, 2.05) is 284 Å². The van der Waals surface area contributed by atoms with Crippen LogP contribution < -0.4 is 26.5 Å². The van der Waals surface area contributed by atoms with Crippen molar-refractivity contribution in [3.8, 4) is 67.5 Å². The van der Waals surface area contributed by atoms with Crippen LogP contribution in [0.3, 0.4) is 0 Å². The van der Waals surface area contributed by atoms with Gasteiger partial charge in [0.15, 0.2) is 12.3 Å². The maximum absolute atomic E-state index is 14.9. The molecule has 21 rings (SSSR count). The number of imidazole rings is 1. The molecule has 15 aromatic heterocycles. The monoisotopic (exact) mass is 2300 g/mol. The number of pyridine rings is 13. The molecule has 4 unspecified atom stereocenters. The van der Waals surface area contributed by atoms with E-state index in [2.05, 4.69) is 138 Å². The standard InChI is InChI=1S/C20H15BFN3.C20H15FN3.C20H21N2P.C19H14FN4.C19H16N2O2.C19H16N2S2.6Cu/c1-14-6-2-11-18(24-14)21(22)19-12-4-10-17(25-19)16-9-3-7-15-8-5-13-23-20(15)16;1-13-5-2-9-17(23-13)19(21)18-10-4-8-16(24-18)15-7-3-6-14-11-12-22-20(14)15;1-14-8-6-10-17(21-14)15(2)18-11-7-12-19(22-18)16-9-4-5-13-20(16)23-3;1-12-5-2-8-15(23-12)18(20)16-9-4-7-14(24-16)13-6-3-10-17-19(13)22-11-21-17;2*1-13-6-4-7-14(20-13)12-15-8-5-11-18(21-15)16-9-2-3-10-17(16)19(22)23;;;;;;/h2-13H,1H3;2-12,19H,1H3;4-13,15,23H,1-3H3;2-11,18H,1H3;2*2-11H,12H2,1H3,(H,22,23);;;;;;/q;-1;;-1;;;;;;3*+1/p-1. The van der Waals surface area contributed by atoms with Crippen molar-refractivity contribution in [2.45, 2.75) is 79.6 Å². The van der Waals surface area contributed by atoms with Crippen molar-refractivity contribution in [2.75, 3.05) is 6.66 Å². The minimum atomic E-state index is -1.37. The summed E-state index contributed by atoms with van der Waals surface area (Å²) in [7, 11) is 0.764. The van der Waals surface area contributed by atoms with Gasteiger partial charge in [-0.1, -0.05) is 228 Å². The van der Waals surface area contributed by atoms with Crippen LogP contribution in [0.4, 0.5) is 13.1 Å². The zero-order valence-electron chi connectivity index (χ0n) is 80.9. The molecular weight excluding hydrogens is 2210 g/mol. The quantitative estimate of drug-likeness (QED) is 0.0304. The van der Waals surface area contributed by atoms with Crippen LogP contribution in [0.15, 0.2) is 383 Å². The number of carboxylic acids is 1. The van der Waals surface area contributed by atoms with Crippen molar-refractivity contribution in [1.82, 2.24) is 79.7 Å². The molecule has 0 aliphatic rings. The number of hydrogen-bond donors (Lipinski definition) is 1. The third kappa shape index (κ3) is 30.5. The molecule has 18 nitrogen and oxygen atoms in total. The topological polar surface area (TPSA) is 246 Å². The van der Waals surface area contributed by atoms with E-state index in [1.165, 1.54) is 17.2 Å². The molecule has 0 aliphatic heterocycles. The number of para-hydroxylation sites is 3. The summed E-state index contributed by atoms with van der Waals surface area (Å²) >= 11 is 10.4. The van der Waals surface area contributed by atoms with Crippen LogP contribution in [0, 0.1) is 41.5 Å². The van der Waals surface area contributed by atoms with Crippen LogP contribution in [0.5, 0.6) is 0 Å². The number of rotatable bonds is 21. The number of aromatic carboxylic acids is 1. The Balaban J connectivity index is 0.000000180. The first-order valence-electron chi connectivity index (χ1n) is 46.1. The van der Waals surface area contributed by atoms with Gasteiger partial charge in [0, 0.05) is 178 Å². The van der Waals surface area contributed by atoms with Crippen LogP contribution in [0.1, 0.15) is 132 Å². The van der Waals surface area contributed by atoms with Crippen LogP contribution in [-0.2, 0) is 128 Å². The molecule has 0 aliphatic carbocycles. The molecule has 21 aromatic rings. The number of carbonyl (C=O) groups is 1.